The Kier molecular flexibility index (Phi) is 4.42. The molecule has 0 radical (unpaired) electrons. The minimum atomic E-state index is -0.430. The van der Waals surface area contributed by atoms with Crippen molar-refractivity contribution in [2.75, 3.05) is 0 Å². The zero-order valence-corrected chi connectivity index (χ0v) is 14.1. The molecule has 0 saturated heterocycles. The third-order valence-corrected chi connectivity index (χ3v) is 5.11. The quantitative estimate of drug-likeness (QED) is 0.373. The summed E-state index contributed by atoms with van der Waals surface area (Å²) >= 11 is 7.54. The molecule has 7 heteroatoms. The van der Waals surface area contributed by atoms with Gasteiger partial charge in [0.2, 0.25) is 0 Å². The minimum Gasteiger partial charge on any atom is -0.508 e. The monoisotopic (exact) mass is 360 g/mol. The lowest BCUT2D eigenvalue weighted by atomic mass is 10.1. The third kappa shape index (κ3) is 3.06. The van der Waals surface area contributed by atoms with E-state index in [4.69, 9.17) is 11.6 Å². The lowest BCUT2D eigenvalue weighted by molar-refractivity contribution is 0.0959. The van der Waals surface area contributed by atoms with Gasteiger partial charge in [-0.15, -0.1) is 11.3 Å². The Morgan fingerprint density at radius 2 is 1.96 bits per heavy atom. The third-order valence-electron chi connectivity index (χ3n) is 3.44. The molecule has 1 heterocycles. The van der Waals surface area contributed by atoms with Gasteiger partial charge in [-0.05, 0) is 31.2 Å². The Labute approximate surface area is 146 Å². The molecule has 122 valence electrons. The van der Waals surface area contributed by atoms with Gasteiger partial charge in [0.15, 0.2) is 0 Å². The number of aromatic hydroxyl groups is 2. The minimum absolute atomic E-state index is 0.00349. The molecule has 0 aliphatic heterocycles. The van der Waals surface area contributed by atoms with Crippen molar-refractivity contribution in [2.24, 2.45) is 5.10 Å². The predicted octanol–water partition coefficient (Wildman–Crippen LogP) is 4.12. The number of hydrogen-bond donors (Lipinski definition) is 3. The fraction of sp³-hybridized carbons (Fsp3) is 0.0588. The van der Waals surface area contributed by atoms with Gasteiger partial charge in [0.25, 0.3) is 5.91 Å². The summed E-state index contributed by atoms with van der Waals surface area (Å²) in [7, 11) is 0. The van der Waals surface area contributed by atoms with Gasteiger partial charge in [-0.2, -0.15) is 5.10 Å². The SMILES string of the molecule is C/C(=N/NC(=O)c1sc2ccccc2c1Cl)c1cc(O)ccc1O. The van der Waals surface area contributed by atoms with E-state index < -0.39 is 5.91 Å². The number of rotatable bonds is 3. The van der Waals surface area contributed by atoms with Crippen molar-refractivity contribution in [1.29, 1.82) is 0 Å². The van der Waals surface area contributed by atoms with Crippen molar-refractivity contribution in [3.8, 4) is 11.5 Å². The second-order valence-corrected chi connectivity index (χ2v) is 6.51. The Morgan fingerprint density at radius 3 is 2.71 bits per heavy atom. The molecule has 1 amide bonds. The molecule has 0 spiro atoms. The van der Waals surface area contributed by atoms with Gasteiger partial charge in [-0.25, -0.2) is 5.43 Å². The Bertz CT molecular complexity index is 966. The van der Waals surface area contributed by atoms with Crippen LogP contribution in [0.3, 0.4) is 0 Å². The van der Waals surface area contributed by atoms with Gasteiger partial charge in [-0.1, -0.05) is 29.8 Å². The fourth-order valence-corrected chi connectivity index (χ4v) is 3.63. The second-order valence-electron chi connectivity index (χ2n) is 5.08. The van der Waals surface area contributed by atoms with Crippen LogP contribution in [0.1, 0.15) is 22.2 Å². The molecule has 24 heavy (non-hydrogen) atoms. The Hall–Kier alpha value is -2.57. The van der Waals surface area contributed by atoms with Crippen LogP contribution >= 0.6 is 22.9 Å². The van der Waals surface area contributed by atoms with Crippen LogP contribution in [0.15, 0.2) is 47.6 Å². The summed E-state index contributed by atoms with van der Waals surface area (Å²) < 4.78 is 0.916. The molecule has 0 fully saturated rings. The van der Waals surface area contributed by atoms with Crippen LogP contribution in [-0.2, 0) is 0 Å². The molecule has 5 nitrogen and oxygen atoms in total. The molecule has 1 aromatic heterocycles. The van der Waals surface area contributed by atoms with Crippen LogP contribution in [0.25, 0.3) is 10.1 Å². The summed E-state index contributed by atoms with van der Waals surface area (Å²) in [5.41, 5.74) is 3.11. The molecule has 0 unspecified atom stereocenters. The molecular weight excluding hydrogens is 348 g/mol. The Balaban J connectivity index is 1.86. The molecule has 0 aliphatic carbocycles. The molecule has 2 aromatic carbocycles. The number of phenolic OH excluding ortho intramolecular Hbond substituents is 2. The Morgan fingerprint density at radius 1 is 1.21 bits per heavy atom. The lowest BCUT2D eigenvalue weighted by Gasteiger charge is -2.05. The normalized spacial score (nSPS) is 11.7. The number of phenols is 2. The molecule has 0 atom stereocenters. The zero-order chi connectivity index (χ0) is 17.3. The number of halogens is 1. The molecule has 3 rings (SSSR count). The molecule has 0 aliphatic rings. The van der Waals surface area contributed by atoms with Gasteiger partial charge in [0, 0.05) is 15.6 Å². The zero-order valence-electron chi connectivity index (χ0n) is 12.6. The summed E-state index contributed by atoms with van der Waals surface area (Å²) in [6.45, 7) is 1.61. The first-order valence-electron chi connectivity index (χ1n) is 7.01. The number of amides is 1. The van der Waals surface area contributed by atoms with Gasteiger partial charge >= 0.3 is 0 Å². The van der Waals surface area contributed by atoms with E-state index in [2.05, 4.69) is 10.5 Å². The number of hydrogen-bond acceptors (Lipinski definition) is 5. The number of carbonyl (C=O) groups is 1. The number of nitrogens with zero attached hydrogens (tertiary/aromatic N) is 1. The molecule has 0 saturated carbocycles. The summed E-state index contributed by atoms with van der Waals surface area (Å²) in [5.74, 6) is -0.473. The van der Waals surface area contributed by atoms with Crippen LogP contribution in [0.4, 0.5) is 0 Å². The summed E-state index contributed by atoms with van der Waals surface area (Å²) in [4.78, 5) is 12.7. The van der Waals surface area contributed by atoms with E-state index >= 15 is 0 Å². The fourth-order valence-electron chi connectivity index (χ4n) is 2.22. The van der Waals surface area contributed by atoms with Crippen LogP contribution in [0.5, 0.6) is 11.5 Å². The van der Waals surface area contributed by atoms with E-state index in [-0.39, 0.29) is 11.5 Å². The predicted molar refractivity (Wildman–Crippen MR) is 96.3 cm³/mol. The van der Waals surface area contributed by atoms with E-state index in [0.29, 0.717) is 21.2 Å². The highest BCUT2D eigenvalue weighted by Gasteiger charge is 2.16. The van der Waals surface area contributed by atoms with Crippen molar-refractivity contribution in [3.05, 3.63) is 57.9 Å². The highest BCUT2D eigenvalue weighted by molar-refractivity contribution is 7.21. The molecular formula is C17H13ClN2O3S. The average molecular weight is 361 g/mol. The molecule has 3 aromatic rings. The second kappa shape index (κ2) is 6.51. The van der Waals surface area contributed by atoms with Gasteiger partial charge in [0.1, 0.15) is 16.4 Å². The maximum absolute atomic E-state index is 12.3. The average Bonchev–Trinajstić information content (AvgIpc) is 2.92. The van der Waals surface area contributed by atoms with Gasteiger partial charge < -0.3 is 10.2 Å². The largest absolute Gasteiger partial charge is 0.508 e. The molecule has 3 N–H and O–H groups in total. The van der Waals surface area contributed by atoms with Crippen LogP contribution in [-0.4, -0.2) is 21.8 Å². The molecule has 0 bridgehead atoms. The van der Waals surface area contributed by atoms with E-state index in [0.717, 1.165) is 10.1 Å². The van der Waals surface area contributed by atoms with Crippen LogP contribution < -0.4 is 5.43 Å². The first kappa shape index (κ1) is 16.3. The lowest BCUT2D eigenvalue weighted by Crippen LogP contribution is -2.18. The van der Waals surface area contributed by atoms with Crippen molar-refractivity contribution in [3.63, 3.8) is 0 Å². The highest BCUT2D eigenvalue weighted by Crippen LogP contribution is 2.35. The van der Waals surface area contributed by atoms with Crippen molar-refractivity contribution in [1.82, 2.24) is 5.43 Å². The smallest absolute Gasteiger partial charge is 0.283 e. The number of thiophene rings is 1. The van der Waals surface area contributed by atoms with E-state index in [1.807, 2.05) is 24.3 Å². The first-order chi connectivity index (χ1) is 11.5. The van der Waals surface area contributed by atoms with Crippen molar-refractivity contribution >= 4 is 44.6 Å². The van der Waals surface area contributed by atoms with Crippen LogP contribution in [0, 0.1) is 0 Å². The number of hydrazone groups is 1. The number of fused-ring (bicyclic) bond motifs is 1. The summed E-state index contributed by atoms with van der Waals surface area (Å²) in [5, 5.41) is 24.5. The van der Waals surface area contributed by atoms with Crippen LogP contribution in [0.2, 0.25) is 5.02 Å². The number of carbonyl (C=O) groups excluding carboxylic acids is 1. The number of nitrogens with one attached hydrogen (secondary N) is 1. The first-order valence-corrected chi connectivity index (χ1v) is 8.21. The van der Waals surface area contributed by atoms with E-state index in [9.17, 15) is 15.0 Å². The topological polar surface area (TPSA) is 81.9 Å². The van der Waals surface area contributed by atoms with Gasteiger partial charge in [0.05, 0.1) is 10.7 Å². The maximum atomic E-state index is 12.3. The van der Waals surface area contributed by atoms with E-state index in [1.165, 1.54) is 29.5 Å². The highest BCUT2D eigenvalue weighted by atomic mass is 35.5. The van der Waals surface area contributed by atoms with Crippen molar-refractivity contribution in [2.45, 2.75) is 6.92 Å². The standard InChI is InChI=1S/C17H13ClN2O3S/c1-9(12-8-10(21)6-7-13(12)22)19-20-17(23)16-15(18)11-4-2-3-5-14(11)24-16/h2-8,21-22H,1H3,(H,20,23)/b19-9-. The van der Waals surface area contributed by atoms with Gasteiger partial charge in [-0.3, -0.25) is 4.79 Å². The van der Waals surface area contributed by atoms with Crippen molar-refractivity contribution < 1.29 is 15.0 Å². The van der Waals surface area contributed by atoms with E-state index in [1.54, 1.807) is 6.92 Å². The summed E-state index contributed by atoms with van der Waals surface area (Å²) in [6, 6.07) is 11.6. The maximum Gasteiger partial charge on any atom is 0.283 e. The summed E-state index contributed by atoms with van der Waals surface area (Å²) in [6.07, 6.45) is 0. The number of benzene rings is 2.